The average molecular weight is 205 g/mol. The van der Waals surface area contributed by atoms with E-state index in [1.165, 1.54) is 0 Å². The van der Waals surface area contributed by atoms with E-state index in [0.29, 0.717) is 0 Å². The lowest BCUT2D eigenvalue weighted by Gasteiger charge is -1.95. The Balaban J connectivity index is 2.90. The highest BCUT2D eigenvalue weighted by Gasteiger charge is 2.04. The van der Waals surface area contributed by atoms with Crippen LogP contribution in [0.3, 0.4) is 0 Å². The Kier molecular flexibility index (Phi) is 2.03. The van der Waals surface area contributed by atoms with Crippen LogP contribution in [0.1, 0.15) is 11.1 Å². The van der Waals surface area contributed by atoms with Gasteiger partial charge in [-0.05, 0) is 30.7 Å². The van der Waals surface area contributed by atoms with Crippen molar-refractivity contribution in [2.45, 2.75) is 11.1 Å². The van der Waals surface area contributed by atoms with Crippen molar-refractivity contribution in [3.05, 3.63) is 29.3 Å². The first-order valence-corrected chi connectivity index (χ1v) is 5.10. The number of hydrogen-bond acceptors (Lipinski definition) is 3. The lowest BCUT2D eigenvalue weighted by molar-refractivity contribution is 1.46. The molecule has 0 spiro atoms. The third-order valence-electron chi connectivity index (χ3n) is 1.89. The van der Waals surface area contributed by atoms with Gasteiger partial charge in [0.2, 0.25) is 0 Å². The van der Waals surface area contributed by atoms with Crippen molar-refractivity contribution < 1.29 is 0 Å². The van der Waals surface area contributed by atoms with Crippen molar-refractivity contribution in [3.8, 4) is 6.07 Å². The normalized spacial score (nSPS) is 10.2. The van der Waals surface area contributed by atoms with Crippen LogP contribution in [-0.2, 0) is 0 Å². The summed E-state index contributed by atoms with van der Waals surface area (Å²) in [5, 5.41) is 9.92. The SMILES string of the molecule is Cc1cc(C#N)c2cc(S)sc2c1. The maximum absolute atomic E-state index is 8.90. The van der Waals surface area contributed by atoms with Crippen LogP contribution >= 0.6 is 24.0 Å². The smallest absolute Gasteiger partial charge is 0.0998 e. The molecule has 0 N–H and O–H groups in total. The van der Waals surface area contributed by atoms with Crippen LogP contribution in [0.2, 0.25) is 0 Å². The lowest BCUT2D eigenvalue weighted by Crippen LogP contribution is -1.77. The fourth-order valence-electron chi connectivity index (χ4n) is 1.36. The molecule has 13 heavy (non-hydrogen) atoms. The number of hydrogen-bond donors (Lipinski definition) is 1. The quantitative estimate of drug-likeness (QED) is 0.655. The fraction of sp³-hybridized carbons (Fsp3) is 0.100. The zero-order chi connectivity index (χ0) is 9.42. The van der Waals surface area contributed by atoms with E-state index in [9.17, 15) is 0 Å². The minimum absolute atomic E-state index is 0.742. The molecule has 0 amide bonds. The van der Waals surface area contributed by atoms with Crippen molar-refractivity contribution >= 4 is 34.1 Å². The second-order valence-corrected chi connectivity index (χ2v) is 4.79. The van der Waals surface area contributed by atoms with E-state index >= 15 is 0 Å². The monoisotopic (exact) mass is 205 g/mol. The van der Waals surface area contributed by atoms with Crippen LogP contribution in [0.25, 0.3) is 10.1 Å². The van der Waals surface area contributed by atoms with Crippen molar-refractivity contribution in [1.29, 1.82) is 5.26 Å². The van der Waals surface area contributed by atoms with Gasteiger partial charge in [-0.2, -0.15) is 5.26 Å². The number of thiol groups is 1. The molecule has 2 rings (SSSR count). The number of nitrogens with zero attached hydrogens (tertiary/aromatic N) is 1. The molecule has 0 atom stereocenters. The van der Waals surface area contributed by atoms with Crippen LogP contribution < -0.4 is 0 Å². The zero-order valence-corrected chi connectivity index (χ0v) is 8.75. The van der Waals surface area contributed by atoms with Gasteiger partial charge in [0.25, 0.3) is 0 Å². The summed E-state index contributed by atoms with van der Waals surface area (Å²) in [7, 11) is 0. The van der Waals surface area contributed by atoms with E-state index in [1.807, 2.05) is 19.1 Å². The van der Waals surface area contributed by atoms with E-state index in [2.05, 4.69) is 24.8 Å². The summed E-state index contributed by atoms with van der Waals surface area (Å²) < 4.78 is 2.10. The van der Waals surface area contributed by atoms with Gasteiger partial charge >= 0.3 is 0 Å². The molecular weight excluding hydrogens is 198 g/mol. The largest absolute Gasteiger partial charge is 0.192 e. The third kappa shape index (κ3) is 1.43. The van der Waals surface area contributed by atoms with Crippen molar-refractivity contribution in [3.63, 3.8) is 0 Å². The molecule has 0 unspecified atom stereocenters. The summed E-state index contributed by atoms with van der Waals surface area (Å²) >= 11 is 5.88. The Morgan fingerprint density at radius 3 is 2.85 bits per heavy atom. The number of nitriles is 1. The minimum Gasteiger partial charge on any atom is -0.192 e. The molecule has 0 fully saturated rings. The molecule has 2 aromatic rings. The number of thiophene rings is 1. The summed E-state index contributed by atoms with van der Waals surface area (Å²) in [5.41, 5.74) is 1.87. The topological polar surface area (TPSA) is 23.8 Å². The molecule has 0 bridgehead atoms. The van der Waals surface area contributed by atoms with Crippen molar-refractivity contribution in [2.24, 2.45) is 0 Å². The maximum atomic E-state index is 8.90. The number of fused-ring (bicyclic) bond motifs is 1. The number of benzene rings is 1. The van der Waals surface area contributed by atoms with E-state index in [4.69, 9.17) is 5.26 Å². The molecular formula is C10H7NS2. The molecule has 0 radical (unpaired) electrons. The Morgan fingerprint density at radius 2 is 2.15 bits per heavy atom. The Hall–Kier alpha value is -0.980. The highest BCUT2D eigenvalue weighted by molar-refractivity contribution is 7.83. The summed E-state index contributed by atoms with van der Waals surface area (Å²) in [6.45, 7) is 2.00. The summed E-state index contributed by atoms with van der Waals surface area (Å²) in [5.74, 6) is 0. The van der Waals surface area contributed by atoms with Gasteiger partial charge in [-0.15, -0.1) is 24.0 Å². The number of rotatable bonds is 0. The highest BCUT2D eigenvalue weighted by Crippen LogP contribution is 2.31. The summed E-state index contributed by atoms with van der Waals surface area (Å²) in [6, 6.07) is 8.13. The fourth-order valence-corrected chi connectivity index (χ4v) is 2.71. The van der Waals surface area contributed by atoms with E-state index in [0.717, 1.165) is 25.4 Å². The average Bonchev–Trinajstić information content (AvgIpc) is 2.43. The van der Waals surface area contributed by atoms with Crippen molar-refractivity contribution in [2.75, 3.05) is 0 Å². The maximum Gasteiger partial charge on any atom is 0.0998 e. The van der Waals surface area contributed by atoms with E-state index in [-0.39, 0.29) is 0 Å². The predicted molar refractivity (Wildman–Crippen MR) is 58.5 cm³/mol. The molecule has 3 heteroatoms. The van der Waals surface area contributed by atoms with Crippen LogP contribution in [0.5, 0.6) is 0 Å². The third-order valence-corrected chi connectivity index (χ3v) is 3.18. The van der Waals surface area contributed by atoms with Gasteiger partial charge in [0, 0.05) is 10.1 Å². The molecule has 0 aliphatic rings. The second-order valence-electron chi connectivity index (χ2n) is 2.92. The first-order valence-electron chi connectivity index (χ1n) is 3.84. The molecule has 64 valence electrons. The van der Waals surface area contributed by atoms with Crippen LogP contribution in [0.15, 0.2) is 22.4 Å². The Morgan fingerprint density at radius 1 is 1.38 bits per heavy atom. The van der Waals surface area contributed by atoms with E-state index in [1.54, 1.807) is 11.3 Å². The van der Waals surface area contributed by atoms with Gasteiger partial charge in [0.15, 0.2) is 0 Å². The van der Waals surface area contributed by atoms with Gasteiger partial charge in [-0.3, -0.25) is 0 Å². The van der Waals surface area contributed by atoms with Gasteiger partial charge < -0.3 is 0 Å². The second kappa shape index (κ2) is 3.06. The molecule has 1 nitrogen and oxygen atoms in total. The van der Waals surface area contributed by atoms with Gasteiger partial charge in [-0.1, -0.05) is 0 Å². The van der Waals surface area contributed by atoms with Crippen LogP contribution in [0, 0.1) is 18.3 Å². The van der Waals surface area contributed by atoms with Crippen molar-refractivity contribution in [1.82, 2.24) is 0 Å². The standard InChI is InChI=1S/C10H7NS2/c1-6-2-7(5-11)8-4-10(12)13-9(8)3-6/h2-4,12H,1H3. The molecule has 0 saturated heterocycles. The zero-order valence-electron chi connectivity index (χ0n) is 7.03. The van der Waals surface area contributed by atoms with Gasteiger partial charge in [0.05, 0.1) is 15.8 Å². The molecule has 0 aliphatic heterocycles. The molecule has 1 heterocycles. The Labute approximate surface area is 86.0 Å². The number of aryl methyl sites for hydroxylation is 1. The van der Waals surface area contributed by atoms with E-state index < -0.39 is 0 Å². The predicted octanol–water partition coefficient (Wildman–Crippen LogP) is 3.37. The molecule has 0 aliphatic carbocycles. The highest BCUT2D eigenvalue weighted by atomic mass is 32.2. The van der Waals surface area contributed by atoms with Crippen LogP contribution in [-0.4, -0.2) is 0 Å². The molecule has 1 aromatic carbocycles. The van der Waals surface area contributed by atoms with Gasteiger partial charge in [-0.25, -0.2) is 0 Å². The summed E-state index contributed by atoms with van der Waals surface area (Å²) in [6.07, 6.45) is 0. The minimum atomic E-state index is 0.742. The van der Waals surface area contributed by atoms with Crippen LogP contribution in [0.4, 0.5) is 0 Å². The first-order chi connectivity index (χ1) is 6.20. The first kappa shape index (κ1) is 8.61. The molecule has 0 saturated carbocycles. The molecule has 1 aromatic heterocycles. The van der Waals surface area contributed by atoms with Gasteiger partial charge in [0.1, 0.15) is 0 Å². The summed E-state index contributed by atoms with van der Waals surface area (Å²) in [4.78, 5) is 0. The Bertz CT molecular complexity index is 505. The lowest BCUT2D eigenvalue weighted by atomic mass is 10.1.